The van der Waals surface area contributed by atoms with Crippen LogP contribution < -0.4 is 10.6 Å². The smallest absolute Gasteiger partial charge is 0.251 e. The van der Waals surface area contributed by atoms with E-state index in [-0.39, 0.29) is 5.91 Å². The van der Waals surface area contributed by atoms with Gasteiger partial charge in [0.25, 0.3) is 5.91 Å². The van der Waals surface area contributed by atoms with Crippen molar-refractivity contribution in [3.8, 4) is 22.5 Å². The van der Waals surface area contributed by atoms with E-state index in [4.69, 9.17) is 16.6 Å². The number of rotatable bonds is 7. The molecule has 0 atom stereocenters. The lowest BCUT2D eigenvalue weighted by Crippen LogP contribution is -2.25. The minimum absolute atomic E-state index is 0.0204. The van der Waals surface area contributed by atoms with E-state index in [0.717, 1.165) is 50.2 Å². The van der Waals surface area contributed by atoms with Crippen LogP contribution in [-0.4, -0.2) is 26.3 Å². The average molecular weight is 500 g/mol. The molecule has 8 heteroatoms. The number of aromatic nitrogens is 3. The highest BCUT2D eigenvalue weighted by molar-refractivity contribution is 7.16. The molecule has 0 bridgehead atoms. The number of fused-ring (bicyclic) bond motifs is 1. The normalized spacial score (nSPS) is 13.2. The van der Waals surface area contributed by atoms with Crippen LogP contribution >= 0.6 is 22.9 Å². The third-order valence-electron chi connectivity index (χ3n) is 5.98. The molecule has 174 valence electrons. The lowest BCUT2D eigenvalue weighted by atomic mass is 10.1. The minimum atomic E-state index is -0.0204. The summed E-state index contributed by atoms with van der Waals surface area (Å²) < 4.78 is 2.81. The predicted octanol–water partition coefficient (Wildman–Crippen LogP) is 6.28. The topological polar surface area (TPSA) is 71.3 Å². The molecule has 6 nitrogen and oxygen atoms in total. The molecular formula is C27H22ClN5OS. The molecule has 0 aliphatic heterocycles. The molecule has 1 aliphatic rings. The number of amides is 1. The summed E-state index contributed by atoms with van der Waals surface area (Å²) in [6.45, 7) is 0.602. The molecule has 1 saturated carbocycles. The van der Waals surface area contributed by atoms with E-state index in [1.807, 2.05) is 79.1 Å². The highest BCUT2D eigenvalue weighted by Crippen LogP contribution is 2.29. The van der Waals surface area contributed by atoms with Crippen LogP contribution in [0.2, 0.25) is 4.34 Å². The van der Waals surface area contributed by atoms with Gasteiger partial charge in [-0.3, -0.25) is 9.20 Å². The van der Waals surface area contributed by atoms with Crippen molar-refractivity contribution in [2.24, 2.45) is 0 Å². The molecule has 0 radical (unpaired) electrons. The number of anilines is 1. The fraction of sp³-hybridized carbons (Fsp3) is 0.148. The minimum Gasteiger partial charge on any atom is -0.362 e. The number of thiophene rings is 1. The van der Waals surface area contributed by atoms with Crippen LogP contribution in [0.3, 0.4) is 0 Å². The molecule has 35 heavy (non-hydrogen) atoms. The molecule has 1 fully saturated rings. The quantitative estimate of drug-likeness (QED) is 0.276. The molecule has 1 aliphatic carbocycles. The number of carbonyl (C=O) groups is 1. The summed E-state index contributed by atoms with van der Waals surface area (Å²) in [7, 11) is 0. The third kappa shape index (κ3) is 4.65. The summed E-state index contributed by atoms with van der Waals surface area (Å²) in [5.74, 6) is 0.676. The summed E-state index contributed by atoms with van der Waals surface area (Å²) in [5, 5.41) is 6.48. The van der Waals surface area contributed by atoms with Gasteiger partial charge in [0.2, 0.25) is 0 Å². The number of nitrogens with zero attached hydrogens (tertiary/aromatic N) is 3. The third-order valence-corrected chi connectivity index (χ3v) is 7.21. The molecule has 3 aromatic heterocycles. The Bertz CT molecular complexity index is 1510. The Labute approximate surface area is 211 Å². The summed E-state index contributed by atoms with van der Waals surface area (Å²) in [4.78, 5) is 23.1. The molecule has 0 unspecified atom stereocenters. The Morgan fingerprint density at radius 2 is 1.83 bits per heavy atom. The van der Waals surface area contributed by atoms with Crippen LogP contribution in [0.1, 0.15) is 28.1 Å². The van der Waals surface area contributed by atoms with Crippen LogP contribution in [0.4, 0.5) is 5.82 Å². The van der Waals surface area contributed by atoms with Crippen molar-refractivity contribution in [3.63, 3.8) is 0 Å². The van der Waals surface area contributed by atoms with Gasteiger partial charge in [-0.1, -0.05) is 54.1 Å². The Morgan fingerprint density at radius 1 is 1.03 bits per heavy atom. The van der Waals surface area contributed by atoms with Gasteiger partial charge in [-0.05, 0) is 37.1 Å². The molecule has 2 N–H and O–H groups in total. The molecule has 5 aromatic rings. The number of imidazole rings is 1. The fourth-order valence-electron chi connectivity index (χ4n) is 3.97. The molecular weight excluding hydrogens is 478 g/mol. The first-order chi connectivity index (χ1) is 17.1. The van der Waals surface area contributed by atoms with E-state index >= 15 is 0 Å². The number of halogens is 1. The van der Waals surface area contributed by atoms with E-state index in [1.165, 1.54) is 0 Å². The number of nitrogens with one attached hydrogen (secondary N) is 2. The van der Waals surface area contributed by atoms with Gasteiger partial charge in [-0.2, -0.15) is 0 Å². The number of carbonyl (C=O) groups excluding carboxylic acids is 1. The summed E-state index contributed by atoms with van der Waals surface area (Å²) in [5.41, 5.74) is 5.15. The van der Waals surface area contributed by atoms with Crippen LogP contribution in [0.25, 0.3) is 28.2 Å². The zero-order chi connectivity index (χ0) is 23.8. The fourth-order valence-corrected chi connectivity index (χ4v) is 5.00. The first-order valence-corrected chi connectivity index (χ1v) is 12.7. The SMILES string of the molecule is O=C(NC1CC1)c1ccc(-c2cnc3c(NCc4ccc(Cl)s4)nc(-c4ccccc4)cn23)cc1. The highest BCUT2D eigenvalue weighted by Gasteiger charge is 2.23. The van der Waals surface area contributed by atoms with Crippen molar-refractivity contribution in [3.05, 3.63) is 93.9 Å². The van der Waals surface area contributed by atoms with Gasteiger partial charge in [0.1, 0.15) is 0 Å². The van der Waals surface area contributed by atoms with Crippen molar-refractivity contribution < 1.29 is 4.79 Å². The van der Waals surface area contributed by atoms with Gasteiger partial charge in [-0.25, -0.2) is 9.97 Å². The lowest BCUT2D eigenvalue weighted by Gasteiger charge is -2.11. The summed E-state index contributed by atoms with van der Waals surface area (Å²) >= 11 is 7.65. The Balaban J connectivity index is 1.38. The molecule has 6 rings (SSSR count). The maximum absolute atomic E-state index is 12.4. The second-order valence-electron chi connectivity index (χ2n) is 8.56. The van der Waals surface area contributed by atoms with E-state index < -0.39 is 0 Å². The van der Waals surface area contributed by atoms with Gasteiger partial charge >= 0.3 is 0 Å². The highest BCUT2D eigenvalue weighted by atomic mass is 35.5. The van der Waals surface area contributed by atoms with Crippen molar-refractivity contribution in [1.29, 1.82) is 0 Å². The Kier molecular flexibility index (Phi) is 5.72. The van der Waals surface area contributed by atoms with E-state index in [2.05, 4.69) is 20.0 Å². The van der Waals surface area contributed by atoms with Gasteiger partial charge < -0.3 is 10.6 Å². The molecule has 2 aromatic carbocycles. The van der Waals surface area contributed by atoms with Crippen molar-refractivity contribution in [2.75, 3.05) is 5.32 Å². The van der Waals surface area contributed by atoms with Crippen LogP contribution in [0, 0.1) is 0 Å². The second kappa shape index (κ2) is 9.17. The lowest BCUT2D eigenvalue weighted by molar-refractivity contribution is 0.0951. The average Bonchev–Trinajstić information content (AvgIpc) is 3.44. The van der Waals surface area contributed by atoms with Gasteiger partial charge in [0, 0.05) is 33.8 Å². The number of hydrogen-bond acceptors (Lipinski definition) is 5. The predicted molar refractivity (Wildman–Crippen MR) is 141 cm³/mol. The van der Waals surface area contributed by atoms with E-state index in [1.54, 1.807) is 11.3 Å². The number of benzene rings is 2. The maximum atomic E-state index is 12.4. The summed E-state index contributed by atoms with van der Waals surface area (Å²) in [6.07, 6.45) is 5.99. The standard InChI is InChI=1S/C27H22ClN5OS/c28-24-13-12-21(35-24)14-29-25-26-30-15-23(33(26)16-22(32-25)17-4-2-1-3-5-17)18-6-8-19(9-7-18)27(34)31-20-10-11-20/h1-9,12-13,15-16,20H,10-11,14H2,(H,29,32)(H,31,34). The van der Waals surface area contributed by atoms with Gasteiger partial charge in [0.15, 0.2) is 11.5 Å². The second-order valence-corrected chi connectivity index (χ2v) is 10.4. The zero-order valence-corrected chi connectivity index (χ0v) is 20.3. The van der Waals surface area contributed by atoms with Gasteiger partial charge in [-0.15, -0.1) is 11.3 Å². The Morgan fingerprint density at radius 3 is 2.54 bits per heavy atom. The Hall–Kier alpha value is -3.68. The van der Waals surface area contributed by atoms with Crippen LogP contribution in [0.5, 0.6) is 0 Å². The summed E-state index contributed by atoms with van der Waals surface area (Å²) in [6, 6.07) is 22.0. The van der Waals surface area contributed by atoms with Crippen LogP contribution in [-0.2, 0) is 6.54 Å². The van der Waals surface area contributed by atoms with E-state index in [9.17, 15) is 4.79 Å². The maximum Gasteiger partial charge on any atom is 0.251 e. The largest absolute Gasteiger partial charge is 0.362 e. The molecule has 3 heterocycles. The number of hydrogen-bond donors (Lipinski definition) is 2. The zero-order valence-electron chi connectivity index (χ0n) is 18.7. The van der Waals surface area contributed by atoms with Crippen molar-refractivity contribution >= 4 is 40.3 Å². The van der Waals surface area contributed by atoms with Crippen LogP contribution in [0.15, 0.2) is 79.1 Å². The first-order valence-electron chi connectivity index (χ1n) is 11.5. The van der Waals surface area contributed by atoms with Crippen molar-refractivity contribution in [2.45, 2.75) is 25.4 Å². The molecule has 0 spiro atoms. The van der Waals surface area contributed by atoms with E-state index in [0.29, 0.717) is 24.0 Å². The first kappa shape index (κ1) is 21.8. The monoisotopic (exact) mass is 499 g/mol. The molecule has 1 amide bonds. The molecule has 0 saturated heterocycles. The van der Waals surface area contributed by atoms with Crippen molar-refractivity contribution in [1.82, 2.24) is 19.7 Å². The van der Waals surface area contributed by atoms with Gasteiger partial charge in [0.05, 0.1) is 28.5 Å².